The first-order valence-corrected chi connectivity index (χ1v) is 24.5. The van der Waals surface area contributed by atoms with Crippen molar-refractivity contribution in [1.82, 2.24) is 44.2 Å². The van der Waals surface area contributed by atoms with Crippen LogP contribution in [0.1, 0.15) is 72.6 Å². The molecule has 3 N–H and O–H groups in total. The molecule has 358 valence electrons. The summed E-state index contributed by atoms with van der Waals surface area (Å²) in [5, 5.41) is 13.2. The number of carbonyl (C=O) groups excluding carboxylic acids is 3. The van der Waals surface area contributed by atoms with Crippen LogP contribution >= 0.6 is 0 Å². The molecule has 3 aromatic carbocycles. The predicted octanol–water partition coefficient (Wildman–Crippen LogP) is 6.55. The summed E-state index contributed by atoms with van der Waals surface area (Å²) in [6.07, 6.45) is 8.93. The molecule has 4 fully saturated rings. The Kier molecular flexibility index (Phi) is 10.8. The van der Waals surface area contributed by atoms with Gasteiger partial charge in [0.05, 0.1) is 34.7 Å². The molecule has 16 nitrogen and oxygen atoms in total. The minimum absolute atomic E-state index is 0.209. The fourth-order valence-corrected chi connectivity index (χ4v) is 11.4. The van der Waals surface area contributed by atoms with Crippen LogP contribution in [0.2, 0.25) is 0 Å². The minimum atomic E-state index is -1.00. The summed E-state index contributed by atoms with van der Waals surface area (Å²) in [6.45, 7) is 5.80. The van der Waals surface area contributed by atoms with E-state index in [0.717, 1.165) is 78.4 Å². The second-order valence-electron chi connectivity index (χ2n) is 19.8. The fourth-order valence-electron chi connectivity index (χ4n) is 11.4. The maximum absolute atomic E-state index is 13.6. The number of rotatable bonds is 10. The molecule has 7 aromatic rings. The largest absolute Gasteiger partial charge is 0.385 e. The lowest BCUT2D eigenvalue weighted by Crippen LogP contribution is -2.46. The van der Waals surface area contributed by atoms with Crippen molar-refractivity contribution >= 4 is 57.3 Å². The number of anilines is 4. The Morgan fingerprint density at radius 2 is 1.63 bits per heavy atom. The van der Waals surface area contributed by atoms with E-state index in [-0.39, 0.29) is 29.6 Å². The maximum atomic E-state index is 13.6. The summed E-state index contributed by atoms with van der Waals surface area (Å²) in [5.41, 5.74) is 11.8. The molecule has 0 radical (unpaired) electrons. The van der Waals surface area contributed by atoms with Gasteiger partial charge in [-0.05, 0) is 116 Å². The van der Waals surface area contributed by atoms with Gasteiger partial charge in [-0.2, -0.15) is 0 Å². The van der Waals surface area contributed by atoms with E-state index in [1.165, 1.54) is 53.3 Å². The van der Waals surface area contributed by atoms with E-state index in [1.54, 1.807) is 16.1 Å². The molecule has 4 aromatic heterocycles. The molecular formula is C53H55FN12O4. The van der Waals surface area contributed by atoms with Crippen molar-refractivity contribution in [3.8, 4) is 22.4 Å². The van der Waals surface area contributed by atoms with Crippen LogP contribution in [-0.2, 0) is 29.6 Å². The van der Waals surface area contributed by atoms with Gasteiger partial charge in [0.2, 0.25) is 11.8 Å². The number of nitrogens with one attached hydrogen (secondary N) is 3. The first-order valence-electron chi connectivity index (χ1n) is 24.5. The predicted molar refractivity (Wildman–Crippen MR) is 266 cm³/mol. The fraction of sp³-hybridized carbons (Fsp3) is 0.377. The Balaban J connectivity index is 0.658. The molecule has 1 saturated carbocycles. The minimum Gasteiger partial charge on any atom is -0.385 e. The second-order valence-corrected chi connectivity index (χ2v) is 19.8. The Morgan fingerprint density at radius 1 is 0.857 bits per heavy atom. The number of nitrogens with zero attached hydrogens (tertiary/aromatic N) is 9. The monoisotopic (exact) mass is 942 g/mol. The lowest BCUT2D eigenvalue weighted by molar-refractivity contribution is -0.135. The zero-order chi connectivity index (χ0) is 47.8. The molecule has 4 aliphatic heterocycles. The molecule has 12 rings (SSSR count). The third-order valence-electron chi connectivity index (χ3n) is 15.7. The number of piperidine rings is 3. The number of aromatic nitrogens is 6. The highest BCUT2D eigenvalue weighted by Gasteiger charge is 2.40. The number of carbonyl (C=O) groups is 3. The van der Waals surface area contributed by atoms with Gasteiger partial charge in [-0.1, -0.05) is 36.4 Å². The van der Waals surface area contributed by atoms with Crippen LogP contribution in [-0.4, -0.2) is 103 Å². The number of hydrogen-bond acceptors (Lipinski definition) is 11. The standard InChI is InChI=1S/C53H55FN12O4/c1-55-41-28-47(60-66-46(30-57-49(41)66)51(69)58-40-27-38(40)54)64-21-16-37-36(4-3-5-42(37)64)39-12-6-32(29-56-39)31-62-22-17-53(18-23-62)19-24-63(25-20-53)35-10-7-33(8-11-35)34-9-13-43-45(26-34)61(2)52(70)65(43)44-14-15-48(67)59-50(44)68/h3-13,26,28-30,38,40,44,55H,14-25,27,31H2,1-2H3,(H,58,69)(H,59,67,68)/t38-,40+,44?/m0/s1. The number of fused-ring (bicyclic) bond motifs is 3. The normalized spacial score (nSPS) is 21.1. The van der Waals surface area contributed by atoms with Gasteiger partial charge in [-0.3, -0.25) is 38.7 Å². The van der Waals surface area contributed by atoms with Crippen molar-refractivity contribution in [2.24, 2.45) is 12.5 Å². The molecule has 1 unspecified atom stereocenters. The molecule has 3 amide bonds. The van der Waals surface area contributed by atoms with E-state index in [2.05, 4.69) is 90.2 Å². The number of imide groups is 1. The average molecular weight is 943 g/mol. The van der Waals surface area contributed by atoms with E-state index in [4.69, 9.17) is 10.1 Å². The van der Waals surface area contributed by atoms with Crippen molar-refractivity contribution in [2.45, 2.75) is 76.2 Å². The topological polar surface area (TPSA) is 167 Å². The Labute approximate surface area is 403 Å². The van der Waals surface area contributed by atoms with Gasteiger partial charge < -0.3 is 20.4 Å². The molecule has 8 heterocycles. The van der Waals surface area contributed by atoms with Gasteiger partial charge in [-0.25, -0.2) is 18.7 Å². The summed E-state index contributed by atoms with van der Waals surface area (Å²) in [6, 6.07) is 26.1. The zero-order valence-electron chi connectivity index (χ0n) is 39.3. The smallest absolute Gasteiger partial charge is 0.329 e. The maximum Gasteiger partial charge on any atom is 0.329 e. The molecule has 0 bridgehead atoms. The van der Waals surface area contributed by atoms with Gasteiger partial charge in [0.25, 0.3) is 5.91 Å². The van der Waals surface area contributed by atoms with Crippen molar-refractivity contribution in [3.63, 3.8) is 0 Å². The molecule has 1 aliphatic carbocycles. The second kappa shape index (κ2) is 17.2. The molecule has 3 atom stereocenters. The summed E-state index contributed by atoms with van der Waals surface area (Å²) < 4.78 is 18.3. The first kappa shape index (κ1) is 43.9. The number of imidazole rings is 2. The number of pyridine rings is 1. The van der Waals surface area contributed by atoms with Crippen molar-refractivity contribution in [2.75, 3.05) is 54.9 Å². The van der Waals surface area contributed by atoms with Crippen LogP contribution in [0.3, 0.4) is 0 Å². The summed E-state index contributed by atoms with van der Waals surface area (Å²) in [7, 11) is 3.54. The number of halogens is 1. The highest BCUT2D eigenvalue weighted by molar-refractivity contribution is 6.00. The van der Waals surface area contributed by atoms with Crippen LogP contribution < -0.4 is 31.4 Å². The highest BCUT2D eigenvalue weighted by Crippen LogP contribution is 2.44. The van der Waals surface area contributed by atoms with E-state index < -0.39 is 24.2 Å². The van der Waals surface area contributed by atoms with Crippen LogP contribution in [0.5, 0.6) is 0 Å². The van der Waals surface area contributed by atoms with Crippen LogP contribution in [0.4, 0.5) is 27.3 Å². The number of aryl methyl sites for hydroxylation is 1. The first-order chi connectivity index (χ1) is 34.0. The van der Waals surface area contributed by atoms with Gasteiger partial charge in [0.15, 0.2) is 17.2 Å². The number of likely N-dealkylation sites (tertiary alicyclic amines) is 1. The third-order valence-corrected chi connectivity index (χ3v) is 15.7. The van der Waals surface area contributed by atoms with E-state index in [1.807, 2.05) is 37.5 Å². The molecular weight excluding hydrogens is 888 g/mol. The number of benzene rings is 3. The van der Waals surface area contributed by atoms with Crippen LogP contribution in [0, 0.1) is 5.41 Å². The lowest BCUT2D eigenvalue weighted by Gasteiger charge is -2.47. The van der Waals surface area contributed by atoms with Gasteiger partial charge in [-0.15, -0.1) is 5.10 Å². The number of amides is 3. The van der Waals surface area contributed by atoms with Crippen molar-refractivity contribution < 1.29 is 18.8 Å². The van der Waals surface area contributed by atoms with Crippen LogP contribution in [0.15, 0.2) is 96.1 Å². The zero-order valence-corrected chi connectivity index (χ0v) is 39.3. The lowest BCUT2D eigenvalue weighted by atomic mass is 9.71. The molecule has 17 heteroatoms. The summed E-state index contributed by atoms with van der Waals surface area (Å²) in [4.78, 5) is 67.5. The SMILES string of the molecule is CNc1cc(N2CCc3c(-c4ccc(CN5CCC6(CC5)CCN(c5ccc(-c7ccc8c(c7)n(C)c(=O)n8C7CCC(=O)NC7=O)cc5)CC6)cn4)cccc32)nn2c(C(=O)N[C@@H]3C[C@@H]3F)cnc12. The molecule has 3 saturated heterocycles. The molecule has 70 heavy (non-hydrogen) atoms. The summed E-state index contributed by atoms with van der Waals surface area (Å²) in [5.74, 6) is -0.441. The molecule has 5 aliphatic rings. The number of hydrogen-bond donors (Lipinski definition) is 3. The van der Waals surface area contributed by atoms with Gasteiger partial charge in [0, 0.05) is 82.3 Å². The number of alkyl halides is 1. The Hall–Kier alpha value is -7.40. The van der Waals surface area contributed by atoms with Gasteiger partial charge >= 0.3 is 5.69 Å². The molecule has 1 spiro atoms. The van der Waals surface area contributed by atoms with Crippen LogP contribution in [0.25, 0.3) is 39.1 Å². The van der Waals surface area contributed by atoms with E-state index >= 15 is 0 Å². The van der Waals surface area contributed by atoms with Crippen molar-refractivity contribution in [3.05, 3.63) is 119 Å². The van der Waals surface area contributed by atoms with Gasteiger partial charge in [0.1, 0.15) is 12.2 Å². The highest BCUT2D eigenvalue weighted by atomic mass is 19.1. The van der Waals surface area contributed by atoms with Crippen molar-refractivity contribution in [1.29, 1.82) is 0 Å². The Morgan fingerprint density at radius 3 is 2.36 bits per heavy atom. The average Bonchev–Trinajstić information content (AvgIpc) is 3.65. The van der Waals surface area contributed by atoms with E-state index in [9.17, 15) is 23.6 Å². The third kappa shape index (κ3) is 7.76. The quantitative estimate of drug-likeness (QED) is 0.127. The van der Waals surface area contributed by atoms with E-state index in [0.29, 0.717) is 41.8 Å². The summed E-state index contributed by atoms with van der Waals surface area (Å²) >= 11 is 0. The Bertz CT molecular complexity index is 3270.